The van der Waals surface area contributed by atoms with E-state index in [1.54, 1.807) is 12.1 Å². The molecule has 1 fully saturated rings. The second-order valence-electron chi connectivity index (χ2n) is 7.00. The molecule has 2 aromatic carbocycles. The van der Waals surface area contributed by atoms with Crippen molar-refractivity contribution in [1.82, 2.24) is 0 Å². The number of nitrogens with two attached hydrogens (primary N) is 1. The third-order valence-corrected chi connectivity index (χ3v) is 5.79. The van der Waals surface area contributed by atoms with Crippen molar-refractivity contribution in [3.63, 3.8) is 0 Å². The van der Waals surface area contributed by atoms with Gasteiger partial charge in [0.05, 0.1) is 16.3 Å². The molecule has 1 aliphatic carbocycles. The Labute approximate surface area is 167 Å². The summed E-state index contributed by atoms with van der Waals surface area (Å²) in [7, 11) is 0. The normalized spacial score (nSPS) is 22.4. The van der Waals surface area contributed by atoms with Gasteiger partial charge in [0.15, 0.2) is 0 Å². The number of nitrogens with zero attached hydrogens (tertiary/aromatic N) is 2. The summed E-state index contributed by atoms with van der Waals surface area (Å²) in [6.07, 6.45) is 2.72. The summed E-state index contributed by atoms with van der Waals surface area (Å²) in [6, 6.07) is 14.6. The fourth-order valence-electron chi connectivity index (χ4n) is 3.52. The summed E-state index contributed by atoms with van der Waals surface area (Å²) in [5.74, 6) is 0.742. The largest absolute Gasteiger partial charge is 0.323 e. The third kappa shape index (κ3) is 4.93. The lowest BCUT2D eigenvalue weighted by molar-refractivity contribution is -0.384. The van der Waals surface area contributed by atoms with Gasteiger partial charge in [0.1, 0.15) is 0 Å². The van der Waals surface area contributed by atoms with Crippen molar-refractivity contribution in [2.45, 2.75) is 38.1 Å². The molecular formula is C20H23BrN4O2. The second-order valence-corrected chi connectivity index (χ2v) is 7.92. The summed E-state index contributed by atoms with van der Waals surface area (Å²) in [5.41, 5.74) is 12.6. The molecule has 0 saturated heterocycles. The molecule has 0 aromatic heterocycles. The highest BCUT2D eigenvalue weighted by atomic mass is 79.9. The van der Waals surface area contributed by atoms with Gasteiger partial charge in [0.2, 0.25) is 0 Å². The SMILES string of the molecule is CC(c1ccc([N+](=O)[O-])cc1)C1CCC(=NNc2ccc(Br)cc2)C(N)C1. The van der Waals surface area contributed by atoms with Crippen molar-refractivity contribution in [1.29, 1.82) is 0 Å². The number of nitro benzene ring substituents is 1. The van der Waals surface area contributed by atoms with Gasteiger partial charge in [-0.1, -0.05) is 35.0 Å². The van der Waals surface area contributed by atoms with Gasteiger partial charge in [-0.25, -0.2) is 0 Å². The van der Waals surface area contributed by atoms with Crippen LogP contribution in [-0.4, -0.2) is 16.7 Å². The Bertz CT molecular complexity index is 821. The maximum atomic E-state index is 10.8. The molecule has 0 aliphatic heterocycles. The Morgan fingerprint density at radius 2 is 1.89 bits per heavy atom. The van der Waals surface area contributed by atoms with E-state index in [4.69, 9.17) is 5.73 Å². The van der Waals surface area contributed by atoms with Crippen LogP contribution in [0.1, 0.15) is 37.7 Å². The smallest absolute Gasteiger partial charge is 0.269 e. The van der Waals surface area contributed by atoms with Gasteiger partial charge >= 0.3 is 0 Å². The topological polar surface area (TPSA) is 93.5 Å². The van der Waals surface area contributed by atoms with Crippen LogP contribution in [0.3, 0.4) is 0 Å². The number of halogens is 1. The molecule has 2 aromatic rings. The molecule has 0 radical (unpaired) electrons. The minimum Gasteiger partial charge on any atom is -0.323 e. The Balaban J connectivity index is 1.60. The van der Waals surface area contributed by atoms with Gasteiger partial charge in [-0.15, -0.1) is 0 Å². The Hall–Kier alpha value is -2.25. The molecule has 7 heteroatoms. The highest BCUT2D eigenvalue weighted by molar-refractivity contribution is 9.10. The molecule has 3 N–H and O–H groups in total. The summed E-state index contributed by atoms with van der Waals surface area (Å²) < 4.78 is 1.03. The van der Waals surface area contributed by atoms with Crippen LogP contribution in [-0.2, 0) is 0 Å². The van der Waals surface area contributed by atoms with Crippen LogP contribution in [0, 0.1) is 16.0 Å². The molecule has 1 aliphatic rings. The lowest BCUT2D eigenvalue weighted by Gasteiger charge is -2.32. The minimum absolute atomic E-state index is 0.0767. The summed E-state index contributed by atoms with van der Waals surface area (Å²) in [4.78, 5) is 10.4. The summed E-state index contributed by atoms with van der Waals surface area (Å²) in [5, 5.41) is 15.3. The molecule has 27 heavy (non-hydrogen) atoms. The summed E-state index contributed by atoms with van der Waals surface area (Å²) >= 11 is 3.42. The number of rotatable bonds is 5. The predicted octanol–water partition coefficient (Wildman–Crippen LogP) is 5.06. The van der Waals surface area contributed by atoms with Gasteiger partial charge < -0.3 is 5.73 Å². The van der Waals surface area contributed by atoms with E-state index in [1.165, 1.54) is 0 Å². The Morgan fingerprint density at radius 1 is 1.22 bits per heavy atom. The Morgan fingerprint density at radius 3 is 2.48 bits per heavy atom. The van der Waals surface area contributed by atoms with E-state index in [2.05, 4.69) is 33.4 Å². The lowest BCUT2D eigenvalue weighted by atomic mass is 9.75. The number of hydrogen-bond acceptors (Lipinski definition) is 5. The minimum atomic E-state index is -0.369. The number of anilines is 1. The molecule has 6 nitrogen and oxygen atoms in total. The van der Waals surface area contributed by atoms with Crippen LogP contribution < -0.4 is 11.2 Å². The van der Waals surface area contributed by atoms with E-state index in [0.29, 0.717) is 11.8 Å². The first kappa shape index (κ1) is 19.5. The first-order valence-corrected chi connectivity index (χ1v) is 9.81. The maximum Gasteiger partial charge on any atom is 0.269 e. The zero-order valence-corrected chi connectivity index (χ0v) is 16.7. The average molecular weight is 431 g/mol. The van der Waals surface area contributed by atoms with Crippen molar-refractivity contribution in [3.8, 4) is 0 Å². The van der Waals surface area contributed by atoms with E-state index in [-0.39, 0.29) is 16.7 Å². The fraction of sp³-hybridized carbons (Fsp3) is 0.350. The third-order valence-electron chi connectivity index (χ3n) is 5.27. The molecule has 3 unspecified atom stereocenters. The van der Waals surface area contributed by atoms with E-state index >= 15 is 0 Å². The second kappa shape index (κ2) is 8.63. The lowest BCUT2D eigenvalue weighted by Crippen LogP contribution is -2.38. The molecule has 1 saturated carbocycles. The fourth-order valence-corrected chi connectivity index (χ4v) is 3.79. The van der Waals surface area contributed by atoms with Gasteiger partial charge in [-0.2, -0.15) is 5.10 Å². The predicted molar refractivity (Wildman–Crippen MR) is 112 cm³/mol. The molecule has 0 heterocycles. The Kier molecular flexibility index (Phi) is 6.23. The quantitative estimate of drug-likeness (QED) is 0.511. The maximum absolute atomic E-state index is 10.8. The van der Waals surface area contributed by atoms with Crippen LogP contribution in [0.4, 0.5) is 11.4 Å². The van der Waals surface area contributed by atoms with E-state index in [1.807, 2.05) is 36.4 Å². The van der Waals surface area contributed by atoms with Crippen molar-refractivity contribution in [2.24, 2.45) is 16.8 Å². The van der Waals surface area contributed by atoms with Crippen molar-refractivity contribution in [3.05, 3.63) is 68.7 Å². The molecule has 0 spiro atoms. The van der Waals surface area contributed by atoms with Crippen LogP contribution in [0.5, 0.6) is 0 Å². The molecule has 0 amide bonds. The number of hydrogen-bond donors (Lipinski definition) is 2. The zero-order chi connectivity index (χ0) is 19.4. The zero-order valence-electron chi connectivity index (χ0n) is 15.1. The average Bonchev–Trinajstić information content (AvgIpc) is 2.67. The monoisotopic (exact) mass is 430 g/mol. The van der Waals surface area contributed by atoms with E-state index < -0.39 is 0 Å². The molecule has 0 bridgehead atoms. The number of nitro groups is 1. The van der Waals surface area contributed by atoms with Gasteiger partial charge in [-0.3, -0.25) is 15.5 Å². The van der Waals surface area contributed by atoms with E-state index in [0.717, 1.165) is 40.7 Å². The first-order chi connectivity index (χ1) is 12.9. The van der Waals surface area contributed by atoms with Crippen LogP contribution in [0.25, 0.3) is 0 Å². The van der Waals surface area contributed by atoms with Gasteiger partial charge in [0, 0.05) is 22.6 Å². The van der Waals surface area contributed by atoms with Crippen LogP contribution in [0.2, 0.25) is 0 Å². The van der Waals surface area contributed by atoms with Crippen LogP contribution in [0.15, 0.2) is 58.1 Å². The molecule has 3 atom stereocenters. The standard InChI is InChI=1S/C20H23BrN4O2/c1-13(14-2-9-18(10-3-14)25(26)27)15-4-11-20(19(22)12-15)24-23-17-7-5-16(21)6-8-17/h2-3,5-10,13,15,19,23H,4,11-12,22H2,1H3. The highest BCUT2D eigenvalue weighted by Crippen LogP contribution is 2.35. The van der Waals surface area contributed by atoms with Crippen LogP contribution >= 0.6 is 15.9 Å². The molecule has 3 rings (SSSR count). The number of nitrogens with one attached hydrogen (secondary N) is 1. The van der Waals surface area contributed by atoms with Crippen molar-refractivity contribution < 1.29 is 4.92 Å². The number of non-ortho nitro benzene ring substituents is 1. The molecular weight excluding hydrogens is 408 g/mol. The first-order valence-electron chi connectivity index (χ1n) is 9.02. The summed E-state index contributed by atoms with van der Waals surface area (Å²) in [6.45, 7) is 2.17. The van der Waals surface area contributed by atoms with Crippen molar-refractivity contribution in [2.75, 3.05) is 5.43 Å². The van der Waals surface area contributed by atoms with E-state index in [9.17, 15) is 10.1 Å². The highest BCUT2D eigenvalue weighted by Gasteiger charge is 2.29. The molecule has 142 valence electrons. The number of hydrazone groups is 1. The van der Waals surface area contributed by atoms with Gasteiger partial charge in [0.25, 0.3) is 5.69 Å². The van der Waals surface area contributed by atoms with Crippen molar-refractivity contribution >= 4 is 33.0 Å². The number of benzene rings is 2. The van der Waals surface area contributed by atoms with Gasteiger partial charge in [-0.05, 0) is 60.9 Å².